The second-order valence-corrected chi connectivity index (χ2v) is 4.09. The van der Waals surface area contributed by atoms with E-state index in [-0.39, 0.29) is 17.8 Å². The van der Waals surface area contributed by atoms with Crippen molar-refractivity contribution in [3.05, 3.63) is 52.1 Å². The number of carbonyl (C=O) groups excluding carboxylic acids is 1. The second kappa shape index (κ2) is 5.82. The molecule has 9 nitrogen and oxygen atoms in total. The van der Waals surface area contributed by atoms with Gasteiger partial charge in [0.2, 0.25) is 0 Å². The van der Waals surface area contributed by atoms with Crippen LogP contribution in [-0.4, -0.2) is 31.9 Å². The molecule has 2 rings (SSSR count). The molecule has 2 aromatic heterocycles. The lowest BCUT2D eigenvalue weighted by molar-refractivity contribution is -0.384. The number of hydrogen-bond donors (Lipinski definition) is 3. The van der Waals surface area contributed by atoms with Gasteiger partial charge in [-0.3, -0.25) is 24.7 Å². The van der Waals surface area contributed by atoms with Crippen molar-refractivity contribution in [1.29, 1.82) is 0 Å². The lowest BCUT2D eigenvalue weighted by atomic mass is 10.2. The molecule has 2 heterocycles. The van der Waals surface area contributed by atoms with Crippen LogP contribution in [0.3, 0.4) is 0 Å². The minimum Gasteiger partial charge on any atom is -0.481 e. The number of carboxylic acids is 1. The Kier molecular flexibility index (Phi) is 3.93. The monoisotopic (exact) mass is 290 g/mol. The summed E-state index contributed by atoms with van der Waals surface area (Å²) in [4.78, 5) is 38.6. The number of hydrogen-bond acceptors (Lipinski definition) is 5. The Bertz CT molecular complexity index is 692. The Labute approximate surface area is 117 Å². The number of aromatic amines is 1. The van der Waals surface area contributed by atoms with E-state index in [4.69, 9.17) is 5.11 Å². The van der Waals surface area contributed by atoms with Crippen LogP contribution in [0.5, 0.6) is 0 Å². The first-order valence-corrected chi connectivity index (χ1v) is 5.76. The van der Waals surface area contributed by atoms with Gasteiger partial charge in [0.15, 0.2) is 0 Å². The Morgan fingerprint density at radius 2 is 2.19 bits per heavy atom. The summed E-state index contributed by atoms with van der Waals surface area (Å²) >= 11 is 0. The van der Waals surface area contributed by atoms with Gasteiger partial charge in [-0.05, 0) is 12.1 Å². The highest BCUT2D eigenvalue weighted by molar-refractivity contribution is 6.03. The number of amides is 1. The quantitative estimate of drug-likeness (QED) is 0.558. The van der Waals surface area contributed by atoms with Crippen LogP contribution in [0.1, 0.15) is 16.2 Å². The van der Waals surface area contributed by atoms with Crippen molar-refractivity contribution in [1.82, 2.24) is 9.97 Å². The molecule has 0 aliphatic heterocycles. The van der Waals surface area contributed by atoms with Gasteiger partial charge in [0.1, 0.15) is 5.69 Å². The molecule has 0 aromatic carbocycles. The van der Waals surface area contributed by atoms with Gasteiger partial charge in [-0.1, -0.05) is 0 Å². The van der Waals surface area contributed by atoms with Crippen LogP contribution in [-0.2, 0) is 11.2 Å². The molecule has 0 bridgehead atoms. The molecule has 0 aliphatic carbocycles. The summed E-state index contributed by atoms with van der Waals surface area (Å²) < 4.78 is 0. The van der Waals surface area contributed by atoms with Crippen molar-refractivity contribution < 1.29 is 19.6 Å². The standard InChI is InChI=1S/C12H10N4O5/c17-11(18)3-7-1-2-8(5-13-7)15-12(19)10-4-9(6-14-10)16(20)21/h1-2,4-6,14H,3H2,(H,15,19)(H,17,18). The van der Waals surface area contributed by atoms with Gasteiger partial charge >= 0.3 is 5.97 Å². The molecule has 21 heavy (non-hydrogen) atoms. The largest absolute Gasteiger partial charge is 0.481 e. The van der Waals surface area contributed by atoms with Crippen LogP contribution < -0.4 is 5.32 Å². The molecule has 0 radical (unpaired) electrons. The van der Waals surface area contributed by atoms with E-state index in [1.807, 2.05) is 0 Å². The lowest BCUT2D eigenvalue weighted by Crippen LogP contribution is -2.12. The third-order valence-corrected chi connectivity index (χ3v) is 2.54. The maximum Gasteiger partial charge on any atom is 0.309 e. The number of H-pyrrole nitrogens is 1. The van der Waals surface area contributed by atoms with Crippen molar-refractivity contribution in [3.8, 4) is 0 Å². The summed E-state index contributed by atoms with van der Waals surface area (Å²) in [5, 5.41) is 21.6. The van der Waals surface area contributed by atoms with Gasteiger partial charge in [0, 0.05) is 6.07 Å². The summed E-state index contributed by atoms with van der Waals surface area (Å²) in [7, 11) is 0. The second-order valence-electron chi connectivity index (χ2n) is 4.09. The molecule has 108 valence electrons. The van der Waals surface area contributed by atoms with E-state index in [1.165, 1.54) is 18.3 Å². The number of carboxylic acid groups (broad SMARTS) is 1. The van der Waals surface area contributed by atoms with Gasteiger partial charge in [-0.2, -0.15) is 0 Å². The van der Waals surface area contributed by atoms with Crippen molar-refractivity contribution in [2.75, 3.05) is 5.32 Å². The number of nitrogens with zero attached hydrogens (tertiary/aromatic N) is 2. The average molecular weight is 290 g/mol. The van der Waals surface area contributed by atoms with Gasteiger partial charge in [0.05, 0.1) is 35.1 Å². The van der Waals surface area contributed by atoms with E-state index in [0.717, 1.165) is 12.3 Å². The number of nitro groups is 1. The van der Waals surface area contributed by atoms with Crippen molar-refractivity contribution in [2.24, 2.45) is 0 Å². The first kappa shape index (κ1) is 14.2. The van der Waals surface area contributed by atoms with E-state index < -0.39 is 16.8 Å². The van der Waals surface area contributed by atoms with E-state index in [2.05, 4.69) is 15.3 Å². The molecule has 0 saturated heterocycles. The molecule has 1 amide bonds. The summed E-state index contributed by atoms with van der Waals surface area (Å²) in [5.41, 5.74) is 0.536. The molecule has 3 N–H and O–H groups in total. The predicted molar refractivity (Wildman–Crippen MR) is 71.0 cm³/mol. The van der Waals surface area contributed by atoms with E-state index in [1.54, 1.807) is 0 Å². The van der Waals surface area contributed by atoms with Crippen LogP contribution in [0.4, 0.5) is 11.4 Å². The van der Waals surface area contributed by atoms with E-state index in [9.17, 15) is 19.7 Å². The number of pyridine rings is 1. The Morgan fingerprint density at radius 1 is 1.43 bits per heavy atom. The number of anilines is 1. The number of carbonyl (C=O) groups is 2. The molecule has 0 saturated carbocycles. The number of aliphatic carboxylic acids is 1. The van der Waals surface area contributed by atoms with Crippen molar-refractivity contribution in [3.63, 3.8) is 0 Å². The smallest absolute Gasteiger partial charge is 0.309 e. The fourth-order valence-electron chi connectivity index (χ4n) is 1.58. The molecular weight excluding hydrogens is 280 g/mol. The molecule has 0 fully saturated rings. The average Bonchev–Trinajstić information content (AvgIpc) is 2.90. The van der Waals surface area contributed by atoms with Crippen LogP contribution >= 0.6 is 0 Å². The molecule has 0 spiro atoms. The summed E-state index contributed by atoms with van der Waals surface area (Å²) in [6.45, 7) is 0. The molecule has 9 heteroatoms. The Balaban J connectivity index is 2.04. The van der Waals surface area contributed by atoms with E-state index >= 15 is 0 Å². The minimum absolute atomic E-state index is 0.0383. The number of aromatic nitrogens is 2. The van der Waals surface area contributed by atoms with Crippen LogP contribution in [0.15, 0.2) is 30.6 Å². The zero-order valence-corrected chi connectivity index (χ0v) is 10.6. The zero-order valence-electron chi connectivity index (χ0n) is 10.6. The first-order chi connectivity index (χ1) is 9.95. The first-order valence-electron chi connectivity index (χ1n) is 5.76. The van der Waals surface area contributed by atoms with Gasteiger partial charge in [-0.25, -0.2) is 0 Å². The van der Waals surface area contributed by atoms with Gasteiger partial charge in [-0.15, -0.1) is 0 Å². The molecule has 2 aromatic rings. The predicted octanol–water partition coefficient (Wildman–Crippen LogP) is 1.20. The Hall–Kier alpha value is -3.23. The minimum atomic E-state index is -1.00. The fourth-order valence-corrected chi connectivity index (χ4v) is 1.58. The number of nitrogens with one attached hydrogen (secondary N) is 2. The van der Waals surface area contributed by atoms with Crippen LogP contribution in [0.2, 0.25) is 0 Å². The topological polar surface area (TPSA) is 138 Å². The van der Waals surface area contributed by atoms with Crippen molar-refractivity contribution in [2.45, 2.75) is 6.42 Å². The third-order valence-electron chi connectivity index (χ3n) is 2.54. The molecular formula is C12H10N4O5. The fraction of sp³-hybridized carbons (Fsp3) is 0.0833. The van der Waals surface area contributed by atoms with Crippen LogP contribution in [0.25, 0.3) is 0 Å². The highest BCUT2D eigenvalue weighted by Gasteiger charge is 2.14. The zero-order chi connectivity index (χ0) is 15.4. The third kappa shape index (κ3) is 3.62. The normalized spacial score (nSPS) is 10.1. The maximum absolute atomic E-state index is 11.8. The van der Waals surface area contributed by atoms with E-state index in [0.29, 0.717) is 11.4 Å². The van der Waals surface area contributed by atoms with Gasteiger partial charge in [0.25, 0.3) is 11.6 Å². The lowest BCUT2D eigenvalue weighted by Gasteiger charge is -2.03. The highest BCUT2D eigenvalue weighted by Crippen LogP contribution is 2.14. The SMILES string of the molecule is O=C(O)Cc1ccc(NC(=O)c2cc([N+](=O)[O-])c[nH]2)cn1. The molecule has 0 unspecified atom stereocenters. The highest BCUT2D eigenvalue weighted by atomic mass is 16.6. The molecule has 0 aliphatic rings. The summed E-state index contributed by atoms with van der Waals surface area (Å²) in [6, 6.07) is 4.09. The maximum atomic E-state index is 11.8. The summed E-state index contributed by atoms with van der Waals surface area (Å²) in [6.07, 6.45) is 2.22. The Morgan fingerprint density at radius 3 is 2.71 bits per heavy atom. The van der Waals surface area contributed by atoms with Crippen LogP contribution in [0, 0.1) is 10.1 Å². The molecule has 0 atom stereocenters. The van der Waals surface area contributed by atoms with Gasteiger partial charge < -0.3 is 15.4 Å². The van der Waals surface area contributed by atoms with Crippen molar-refractivity contribution >= 4 is 23.3 Å². The summed E-state index contributed by atoms with van der Waals surface area (Å²) in [5.74, 6) is -1.56. The number of rotatable bonds is 5.